The lowest BCUT2D eigenvalue weighted by Gasteiger charge is -2.46. The lowest BCUT2D eigenvalue weighted by atomic mass is 9.68. The Morgan fingerprint density at radius 2 is 1.98 bits per heavy atom. The molecule has 6 rings (SSSR count). The first-order valence-corrected chi connectivity index (χ1v) is 17.6. The van der Waals surface area contributed by atoms with Crippen LogP contribution in [-0.4, -0.2) is 66.2 Å². The van der Waals surface area contributed by atoms with E-state index in [9.17, 15) is 13.2 Å². The van der Waals surface area contributed by atoms with Crippen molar-refractivity contribution in [3.05, 3.63) is 70.3 Å². The zero-order chi connectivity index (χ0) is 31.1. The summed E-state index contributed by atoms with van der Waals surface area (Å²) in [6, 6.07) is 11.5. The second-order valence-corrected chi connectivity index (χ2v) is 15.5. The van der Waals surface area contributed by atoms with E-state index in [-0.39, 0.29) is 29.6 Å². The summed E-state index contributed by atoms with van der Waals surface area (Å²) < 4.78 is 47.1. The van der Waals surface area contributed by atoms with Crippen LogP contribution in [0.25, 0.3) is 0 Å². The molecule has 0 aromatic heterocycles. The van der Waals surface area contributed by atoms with E-state index in [1.165, 1.54) is 18.2 Å². The van der Waals surface area contributed by atoms with Crippen LogP contribution in [0.3, 0.4) is 0 Å². The molecular weight excluding hydrogens is 600 g/mol. The van der Waals surface area contributed by atoms with Gasteiger partial charge in [0.1, 0.15) is 11.0 Å². The number of carbonyl (C=O) groups is 1. The molecule has 2 aliphatic carbocycles. The fraction of sp³-hybridized carbons (Fsp3) is 0.559. The van der Waals surface area contributed by atoms with Crippen molar-refractivity contribution in [2.75, 3.05) is 45.4 Å². The van der Waals surface area contributed by atoms with Crippen molar-refractivity contribution in [3.63, 3.8) is 0 Å². The molecule has 2 aromatic rings. The number of ether oxygens (including phenoxy) is 3. The number of fused-ring (bicyclic) bond motifs is 4. The van der Waals surface area contributed by atoms with Crippen LogP contribution in [0.4, 0.5) is 5.69 Å². The number of nitrogens with one attached hydrogen (secondary N) is 1. The van der Waals surface area contributed by atoms with Crippen molar-refractivity contribution in [1.82, 2.24) is 4.72 Å². The van der Waals surface area contributed by atoms with Gasteiger partial charge in [-0.25, -0.2) is 13.1 Å². The first kappa shape index (κ1) is 31.4. The Kier molecular flexibility index (Phi) is 9.03. The van der Waals surface area contributed by atoms with Crippen LogP contribution in [0.5, 0.6) is 5.75 Å². The number of methoxy groups -OCH3 is 2. The third kappa shape index (κ3) is 6.13. The molecule has 2 heterocycles. The summed E-state index contributed by atoms with van der Waals surface area (Å²) in [7, 11) is -0.792. The Hall–Kier alpha value is -2.59. The number of carbonyl (C=O) groups excluding carboxylic acids is 1. The van der Waals surface area contributed by atoms with Crippen LogP contribution in [0.15, 0.2) is 48.6 Å². The van der Waals surface area contributed by atoms with Crippen molar-refractivity contribution in [3.8, 4) is 5.75 Å². The van der Waals surface area contributed by atoms with Crippen molar-refractivity contribution in [2.24, 2.45) is 17.8 Å². The van der Waals surface area contributed by atoms with Gasteiger partial charge in [0.2, 0.25) is 10.0 Å². The van der Waals surface area contributed by atoms with Crippen molar-refractivity contribution >= 4 is 33.2 Å². The van der Waals surface area contributed by atoms with E-state index in [4.69, 9.17) is 25.8 Å². The number of sulfonamides is 1. The third-order valence-electron chi connectivity index (χ3n) is 10.2. The standard InChI is InChI=1S/C34H43ClN2O6S/c1-22-6-12-31(42-3)28-10-7-25(28)18-37-20-34(14-4-5-23-16-26(35)9-11-29(23)34)21-43-32-13-8-24(17-30(32)37)33(38)36-44(39,40)27(15-22)19-41-2/h6,8-9,11-13,16-17,22,25,27-28,31H,4-5,7,10,14-15,18-21H2,1-3H3,(H,36,38)/b12-6+/t22-,25?,27+,28?,31?,34?/m1/s1. The Bertz CT molecular complexity index is 1530. The summed E-state index contributed by atoms with van der Waals surface area (Å²) in [4.78, 5) is 15.9. The first-order chi connectivity index (χ1) is 21.1. The molecule has 10 heteroatoms. The minimum Gasteiger partial charge on any atom is -0.490 e. The van der Waals surface area contributed by atoms with Gasteiger partial charge < -0.3 is 19.1 Å². The maximum Gasteiger partial charge on any atom is 0.264 e. The van der Waals surface area contributed by atoms with Gasteiger partial charge in [0, 0.05) is 43.3 Å². The molecule has 0 saturated heterocycles. The maximum atomic E-state index is 13.5. The Morgan fingerprint density at radius 1 is 1.14 bits per heavy atom. The monoisotopic (exact) mass is 642 g/mol. The molecule has 8 nitrogen and oxygen atoms in total. The molecule has 2 aliphatic heterocycles. The fourth-order valence-electron chi connectivity index (χ4n) is 7.72. The van der Waals surface area contributed by atoms with Crippen LogP contribution in [-0.2, 0) is 31.3 Å². The highest BCUT2D eigenvalue weighted by Crippen LogP contribution is 2.47. The lowest BCUT2D eigenvalue weighted by molar-refractivity contribution is 0.0130. The van der Waals surface area contributed by atoms with E-state index in [0.29, 0.717) is 30.6 Å². The van der Waals surface area contributed by atoms with Crippen LogP contribution in [0.2, 0.25) is 5.02 Å². The summed E-state index contributed by atoms with van der Waals surface area (Å²) in [6.45, 7) is 4.00. The number of allylic oxidation sites excluding steroid dienone is 1. The normalized spacial score (nSPS) is 32.3. The van der Waals surface area contributed by atoms with Crippen molar-refractivity contribution in [1.29, 1.82) is 0 Å². The van der Waals surface area contributed by atoms with Gasteiger partial charge in [0.25, 0.3) is 5.91 Å². The third-order valence-corrected chi connectivity index (χ3v) is 12.1. The zero-order valence-electron chi connectivity index (χ0n) is 25.8. The molecule has 1 N–H and O–H groups in total. The van der Waals surface area contributed by atoms with Crippen LogP contribution in [0, 0.1) is 17.8 Å². The molecule has 0 radical (unpaired) electrons. The summed E-state index contributed by atoms with van der Waals surface area (Å²) in [5, 5.41) is -0.144. The molecule has 1 fully saturated rings. The number of amides is 1. The second kappa shape index (κ2) is 12.7. The number of aryl methyl sites for hydroxylation is 1. The van der Waals surface area contributed by atoms with E-state index >= 15 is 0 Å². The van der Waals surface area contributed by atoms with E-state index in [1.54, 1.807) is 19.2 Å². The maximum absolute atomic E-state index is 13.5. The number of benzene rings is 2. The molecule has 1 saturated carbocycles. The second-order valence-electron chi connectivity index (χ2n) is 13.1. The lowest BCUT2D eigenvalue weighted by Crippen LogP contribution is -2.49. The summed E-state index contributed by atoms with van der Waals surface area (Å²) >= 11 is 6.41. The molecule has 44 heavy (non-hydrogen) atoms. The molecular formula is C34H43ClN2O6S. The highest BCUT2D eigenvalue weighted by Gasteiger charge is 2.44. The number of hydrogen-bond acceptors (Lipinski definition) is 7. The SMILES string of the molecule is COC[C@@H]1C[C@H](C)/C=C/C(OC)C2CCC2CN2CC3(CCCc4cc(Cl)ccc43)COc3ccc(cc32)C(=O)NS1(=O)=O. The van der Waals surface area contributed by atoms with Gasteiger partial charge >= 0.3 is 0 Å². The predicted octanol–water partition coefficient (Wildman–Crippen LogP) is 5.52. The zero-order valence-corrected chi connectivity index (χ0v) is 27.3. The number of anilines is 1. The Labute approximate surface area is 266 Å². The predicted molar refractivity (Wildman–Crippen MR) is 172 cm³/mol. The molecule has 1 amide bonds. The highest BCUT2D eigenvalue weighted by atomic mass is 35.5. The number of rotatable bonds is 3. The van der Waals surface area contributed by atoms with Gasteiger partial charge in [-0.1, -0.05) is 36.7 Å². The fourth-order valence-corrected chi connectivity index (χ4v) is 9.33. The molecule has 6 atom stereocenters. The van der Waals surface area contributed by atoms with E-state index in [1.807, 2.05) is 19.1 Å². The molecule has 238 valence electrons. The quantitative estimate of drug-likeness (QED) is 0.441. The number of nitrogens with zero attached hydrogens (tertiary/aromatic N) is 1. The number of hydrogen-bond donors (Lipinski definition) is 1. The van der Waals surface area contributed by atoms with E-state index in [0.717, 1.165) is 55.9 Å². The van der Waals surface area contributed by atoms with Crippen LogP contribution >= 0.6 is 11.6 Å². The van der Waals surface area contributed by atoms with Crippen molar-refractivity contribution < 1.29 is 27.4 Å². The van der Waals surface area contributed by atoms with Crippen molar-refractivity contribution in [2.45, 2.75) is 62.2 Å². The highest BCUT2D eigenvalue weighted by molar-refractivity contribution is 7.90. The van der Waals surface area contributed by atoms with Gasteiger partial charge in [-0.05, 0) is 97.7 Å². The largest absolute Gasteiger partial charge is 0.490 e. The molecule has 4 aliphatic rings. The van der Waals surface area contributed by atoms with Gasteiger partial charge in [-0.15, -0.1) is 0 Å². The number of halogens is 1. The molecule has 2 aromatic carbocycles. The average molecular weight is 643 g/mol. The minimum atomic E-state index is -4.02. The van der Waals surface area contributed by atoms with Crippen LogP contribution < -0.4 is 14.4 Å². The molecule has 1 spiro atoms. The van der Waals surface area contributed by atoms with E-state index < -0.39 is 21.2 Å². The summed E-state index contributed by atoms with van der Waals surface area (Å²) in [5.41, 5.74) is 3.40. The van der Waals surface area contributed by atoms with Crippen LogP contribution in [0.1, 0.15) is 60.5 Å². The molecule has 2 bridgehead atoms. The van der Waals surface area contributed by atoms with Gasteiger partial charge in [0.15, 0.2) is 0 Å². The Morgan fingerprint density at radius 3 is 2.73 bits per heavy atom. The minimum absolute atomic E-state index is 0.0141. The average Bonchev–Trinajstić information content (AvgIpc) is 3.13. The van der Waals surface area contributed by atoms with E-state index in [2.05, 4.69) is 33.9 Å². The van der Waals surface area contributed by atoms with Gasteiger partial charge in [-0.2, -0.15) is 0 Å². The summed E-state index contributed by atoms with van der Waals surface area (Å²) in [6.07, 6.45) is 9.56. The Balaban J connectivity index is 1.43. The summed E-state index contributed by atoms with van der Waals surface area (Å²) in [5.74, 6) is 0.722. The van der Waals surface area contributed by atoms with Gasteiger partial charge in [0.05, 0.1) is 25.0 Å². The topological polar surface area (TPSA) is 94.2 Å². The smallest absolute Gasteiger partial charge is 0.264 e. The van der Waals surface area contributed by atoms with Gasteiger partial charge in [-0.3, -0.25) is 4.79 Å². The first-order valence-electron chi connectivity index (χ1n) is 15.7. The molecule has 4 unspecified atom stereocenters.